The maximum absolute atomic E-state index is 12.4. The summed E-state index contributed by atoms with van der Waals surface area (Å²) in [7, 11) is 0. The molecule has 1 heterocycles. The van der Waals surface area contributed by atoms with Crippen molar-refractivity contribution in [1.29, 1.82) is 0 Å². The molecule has 0 unspecified atom stereocenters. The van der Waals surface area contributed by atoms with Crippen molar-refractivity contribution in [3.8, 4) is 0 Å². The fraction of sp³-hybridized carbons (Fsp3) is 0.125. The van der Waals surface area contributed by atoms with Crippen molar-refractivity contribution in [2.45, 2.75) is 13.5 Å². The van der Waals surface area contributed by atoms with E-state index >= 15 is 0 Å². The number of nitrogen functional groups attached to an aromatic ring is 1. The lowest BCUT2D eigenvalue weighted by molar-refractivity contribution is 0.635. The topological polar surface area (TPSA) is 80.9 Å². The highest BCUT2D eigenvalue weighted by molar-refractivity contribution is 5.80. The van der Waals surface area contributed by atoms with E-state index in [9.17, 15) is 9.59 Å². The van der Waals surface area contributed by atoms with Crippen LogP contribution in [0.1, 0.15) is 11.1 Å². The Bertz CT molecular complexity index is 938. The highest BCUT2D eigenvalue weighted by Gasteiger charge is 2.08. The molecule has 0 radical (unpaired) electrons. The summed E-state index contributed by atoms with van der Waals surface area (Å²) >= 11 is 0. The molecule has 0 aliphatic carbocycles. The van der Waals surface area contributed by atoms with Crippen LogP contribution in [0.4, 0.5) is 5.69 Å². The second kappa shape index (κ2) is 4.94. The molecule has 2 aromatic carbocycles. The Labute approximate surface area is 120 Å². The van der Waals surface area contributed by atoms with Crippen molar-refractivity contribution < 1.29 is 0 Å². The number of rotatable bonds is 2. The number of hydrogen-bond donors (Lipinski definition) is 2. The van der Waals surface area contributed by atoms with Gasteiger partial charge < -0.3 is 5.73 Å². The van der Waals surface area contributed by atoms with Crippen LogP contribution >= 0.6 is 0 Å². The van der Waals surface area contributed by atoms with E-state index in [4.69, 9.17) is 5.73 Å². The quantitative estimate of drug-likeness (QED) is 0.700. The van der Waals surface area contributed by atoms with Crippen molar-refractivity contribution in [3.63, 3.8) is 0 Å². The SMILES string of the molecule is Cc1c(N)cccc1Cn1[nH]c(=O)c2ccccc2c1=O. The molecule has 0 bridgehead atoms. The smallest absolute Gasteiger partial charge is 0.273 e. The Morgan fingerprint density at radius 1 is 1.05 bits per heavy atom. The first-order chi connectivity index (χ1) is 10.1. The van der Waals surface area contributed by atoms with Crippen LogP contribution in [0.2, 0.25) is 0 Å². The monoisotopic (exact) mass is 281 g/mol. The van der Waals surface area contributed by atoms with Gasteiger partial charge in [0.05, 0.1) is 17.3 Å². The molecule has 5 heteroatoms. The van der Waals surface area contributed by atoms with Crippen molar-refractivity contribution in [3.05, 3.63) is 74.3 Å². The van der Waals surface area contributed by atoms with Crippen LogP contribution in [0.5, 0.6) is 0 Å². The maximum Gasteiger partial charge on any atom is 0.273 e. The van der Waals surface area contributed by atoms with Crippen LogP contribution < -0.4 is 16.9 Å². The minimum absolute atomic E-state index is 0.216. The number of anilines is 1. The Kier molecular flexibility index (Phi) is 3.10. The van der Waals surface area contributed by atoms with E-state index in [-0.39, 0.29) is 17.7 Å². The van der Waals surface area contributed by atoms with Crippen molar-refractivity contribution >= 4 is 16.5 Å². The molecule has 0 atom stereocenters. The van der Waals surface area contributed by atoms with E-state index in [1.54, 1.807) is 24.3 Å². The van der Waals surface area contributed by atoms with E-state index in [2.05, 4.69) is 5.10 Å². The third-order valence-corrected chi connectivity index (χ3v) is 3.70. The second-order valence-electron chi connectivity index (χ2n) is 5.01. The minimum Gasteiger partial charge on any atom is -0.399 e. The minimum atomic E-state index is -0.272. The van der Waals surface area contributed by atoms with Crippen LogP contribution in [0, 0.1) is 6.92 Å². The first-order valence-corrected chi connectivity index (χ1v) is 6.64. The van der Waals surface area contributed by atoms with Crippen LogP contribution in [-0.4, -0.2) is 9.78 Å². The number of H-pyrrole nitrogens is 1. The van der Waals surface area contributed by atoms with E-state index in [0.717, 1.165) is 11.1 Å². The lowest BCUT2D eigenvalue weighted by Crippen LogP contribution is -2.30. The van der Waals surface area contributed by atoms with Gasteiger partial charge in [0, 0.05) is 5.69 Å². The highest BCUT2D eigenvalue weighted by atomic mass is 16.2. The molecule has 1 aromatic heterocycles. The van der Waals surface area contributed by atoms with E-state index in [0.29, 0.717) is 16.5 Å². The fourth-order valence-electron chi connectivity index (χ4n) is 2.40. The molecule has 0 aliphatic rings. The van der Waals surface area contributed by atoms with Gasteiger partial charge in [-0.25, -0.2) is 4.68 Å². The largest absolute Gasteiger partial charge is 0.399 e. The summed E-state index contributed by atoms with van der Waals surface area (Å²) in [5.41, 5.74) is 7.88. The summed E-state index contributed by atoms with van der Waals surface area (Å²) in [4.78, 5) is 24.5. The summed E-state index contributed by atoms with van der Waals surface area (Å²) in [6.45, 7) is 2.19. The van der Waals surface area contributed by atoms with E-state index < -0.39 is 0 Å². The van der Waals surface area contributed by atoms with Gasteiger partial charge >= 0.3 is 0 Å². The zero-order chi connectivity index (χ0) is 15.0. The van der Waals surface area contributed by atoms with Gasteiger partial charge in [-0.1, -0.05) is 24.3 Å². The third-order valence-electron chi connectivity index (χ3n) is 3.70. The number of aromatic nitrogens is 2. The lowest BCUT2D eigenvalue weighted by atomic mass is 10.1. The van der Waals surface area contributed by atoms with Crippen LogP contribution in [0.25, 0.3) is 10.8 Å². The third kappa shape index (κ3) is 2.23. The summed E-state index contributed by atoms with van der Waals surface area (Å²) in [5, 5.41) is 3.45. The van der Waals surface area contributed by atoms with Gasteiger partial charge in [-0.15, -0.1) is 0 Å². The van der Waals surface area contributed by atoms with Crippen molar-refractivity contribution in [2.75, 3.05) is 5.73 Å². The second-order valence-corrected chi connectivity index (χ2v) is 5.01. The molecule has 21 heavy (non-hydrogen) atoms. The van der Waals surface area contributed by atoms with Gasteiger partial charge in [0.25, 0.3) is 11.1 Å². The number of nitrogens with one attached hydrogen (secondary N) is 1. The van der Waals surface area contributed by atoms with Gasteiger partial charge in [-0.3, -0.25) is 14.7 Å². The number of nitrogens with zero attached hydrogens (tertiary/aromatic N) is 1. The Morgan fingerprint density at radius 2 is 1.76 bits per heavy atom. The van der Waals surface area contributed by atoms with Gasteiger partial charge in [0.15, 0.2) is 0 Å². The van der Waals surface area contributed by atoms with Gasteiger partial charge in [0.2, 0.25) is 0 Å². The lowest BCUT2D eigenvalue weighted by Gasteiger charge is -2.11. The van der Waals surface area contributed by atoms with E-state index in [1.165, 1.54) is 4.68 Å². The maximum atomic E-state index is 12.4. The molecule has 3 N–H and O–H groups in total. The van der Waals surface area contributed by atoms with Crippen LogP contribution in [-0.2, 0) is 6.54 Å². The molecule has 0 spiro atoms. The number of fused-ring (bicyclic) bond motifs is 1. The van der Waals surface area contributed by atoms with Gasteiger partial charge in [-0.2, -0.15) is 0 Å². The van der Waals surface area contributed by atoms with Crippen LogP contribution in [0.3, 0.4) is 0 Å². The van der Waals surface area contributed by atoms with Gasteiger partial charge in [-0.05, 0) is 36.2 Å². The number of nitrogens with two attached hydrogens (primary N) is 1. The first-order valence-electron chi connectivity index (χ1n) is 6.64. The summed E-state index contributed by atoms with van der Waals surface area (Å²) < 4.78 is 1.33. The standard InChI is InChI=1S/C16H15N3O2/c1-10-11(5-4-8-14(10)17)9-19-16(21)13-7-3-2-6-12(13)15(20)18-19/h2-8H,9,17H2,1H3,(H,18,20). The summed E-state index contributed by atoms with van der Waals surface area (Å²) in [6.07, 6.45) is 0. The average molecular weight is 281 g/mol. The highest BCUT2D eigenvalue weighted by Crippen LogP contribution is 2.15. The number of benzene rings is 2. The van der Waals surface area contributed by atoms with Crippen LogP contribution in [0.15, 0.2) is 52.1 Å². The first kappa shape index (κ1) is 13.2. The fourth-order valence-corrected chi connectivity index (χ4v) is 2.40. The van der Waals surface area contributed by atoms with Crippen molar-refractivity contribution in [1.82, 2.24) is 9.78 Å². The van der Waals surface area contributed by atoms with Crippen molar-refractivity contribution in [2.24, 2.45) is 0 Å². The summed E-state index contributed by atoms with van der Waals surface area (Å²) in [6, 6.07) is 12.3. The Hall–Kier alpha value is -2.82. The average Bonchev–Trinajstić information content (AvgIpc) is 2.49. The molecule has 5 nitrogen and oxygen atoms in total. The molecule has 3 rings (SSSR count). The Balaban J connectivity index is 2.18. The Morgan fingerprint density at radius 3 is 2.52 bits per heavy atom. The van der Waals surface area contributed by atoms with E-state index in [1.807, 2.05) is 25.1 Å². The molecule has 106 valence electrons. The predicted octanol–water partition coefficient (Wildman–Crippen LogP) is 1.63. The molecule has 0 saturated heterocycles. The van der Waals surface area contributed by atoms with Gasteiger partial charge in [0.1, 0.15) is 0 Å². The number of aromatic amines is 1. The zero-order valence-corrected chi connectivity index (χ0v) is 11.6. The number of hydrogen-bond acceptors (Lipinski definition) is 3. The molecule has 0 aliphatic heterocycles. The zero-order valence-electron chi connectivity index (χ0n) is 11.6. The summed E-state index contributed by atoms with van der Waals surface area (Å²) in [5.74, 6) is 0. The molecule has 0 amide bonds. The molecule has 0 saturated carbocycles. The molecular formula is C16H15N3O2. The molecule has 0 fully saturated rings. The molecular weight excluding hydrogens is 266 g/mol. The predicted molar refractivity (Wildman–Crippen MR) is 83.5 cm³/mol. The normalized spacial score (nSPS) is 10.9. The molecule has 3 aromatic rings.